The van der Waals surface area contributed by atoms with Crippen molar-refractivity contribution in [2.24, 2.45) is 0 Å². The summed E-state index contributed by atoms with van der Waals surface area (Å²) in [5, 5.41) is 2.64. The number of esters is 1. The highest BCUT2D eigenvalue weighted by atomic mass is 19.3. The van der Waals surface area contributed by atoms with E-state index in [1.165, 1.54) is 33.3 Å². The summed E-state index contributed by atoms with van der Waals surface area (Å²) in [7, 11) is 2.71. The largest absolute Gasteiger partial charge is 0.495 e. The number of carbonyl (C=O) groups excluding carboxylic acids is 2. The maximum atomic E-state index is 12.4. The van der Waals surface area contributed by atoms with Crippen LogP contribution in [0, 0.1) is 6.92 Å². The Bertz CT molecular complexity index is 887. The van der Waals surface area contributed by atoms with Gasteiger partial charge in [-0.2, -0.15) is 8.78 Å². The first-order valence-electron chi connectivity index (χ1n) is 8.54. The number of hydrogen-bond acceptors (Lipinski definition) is 6. The number of carbonyl (C=O) groups is 2. The Labute approximate surface area is 166 Å². The number of amides is 1. The van der Waals surface area contributed by atoms with E-state index in [0.29, 0.717) is 11.4 Å². The van der Waals surface area contributed by atoms with Gasteiger partial charge in [0.05, 0.1) is 25.5 Å². The van der Waals surface area contributed by atoms with Gasteiger partial charge in [0.1, 0.15) is 5.75 Å². The van der Waals surface area contributed by atoms with E-state index in [2.05, 4.69) is 10.1 Å². The highest BCUT2D eigenvalue weighted by Crippen LogP contribution is 2.30. The normalized spacial score (nSPS) is 11.6. The molecule has 0 aromatic heterocycles. The van der Waals surface area contributed by atoms with Crippen molar-refractivity contribution < 1.29 is 37.3 Å². The third-order valence-electron chi connectivity index (χ3n) is 3.88. The Morgan fingerprint density at radius 2 is 1.62 bits per heavy atom. The van der Waals surface area contributed by atoms with Crippen LogP contribution in [0.4, 0.5) is 14.5 Å². The van der Waals surface area contributed by atoms with Gasteiger partial charge >= 0.3 is 12.6 Å². The van der Waals surface area contributed by atoms with Crippen molar-refractivity contribution in [2.75, 3.05) is 19.5 Å². The van der Waals surface area contributed by atoms with Crippen LogP contribution < -0.4 is 19.5 Å². The molecule has 0 aliphatic rings. The van der Waals surface area contributed by atoms with Crippen molar-refractivity contribution in [1.82, 2.24) is 0 Å². The second-order valence-electron chi connectivity index (χ2n) is 5.98. The fourth-order valence-corrected chi connectivity index (χ4v) is 2.42. The van der Waals surface area contributed by atoms with Crippen LogP contribution in [0.1, 0.15) is 22.8 Å². The van der Waals surface area contributed by atoms with Crippen molar-refractivity contribution in [3.05, 3.63) is 47.5 Å². The Kier molecular flexibility index (Phi) is 7.35. The molecular weight excluding hydrogens is 388 g/mol. The monoisotopic (exact) mass is 409 g/mol. The van der Waals surface area contributed by atoms with Gasteiger partial charge in [0.25, 0.3) is 5.91 Å². The van der Waals surface area contributed by atoms with Gasteiger partial charge in [-0.3, -0.25) is 4.79 Å². The highest BCUT2D eigenvalue weighted by Gasteiger charge is 2.22. The van der Waals surface area contributed by atoms with Gasteiger partial charge in [-0.15, -0.1) is 0 Å². The minimum absolute atomic E-state index is 0.0104. The molecule has 0 spiro atoms. The van der Waals surface area contributed by atoms with Crippen molar-refractivity contribution in [1.29, 1.82) is 0 Å². The van der Waals surface area contributed by atoms with Crippen molar-refractivity contribution in [3.63, 3.8) is 0 Å². The number of alkyl halides is 2. The minimum Gasteiger partial charge on any atom is -0.495 e. The van der Waals surface area contributed by atoms with Gasteiger partial charge in [0, 0.05) is 0 Å². The van der Waals surface area contributed by atoms with Crippen LogP contribution in [0.3, 0.4) is 0 Å². The molecule has 0 aliphatic heterocycles. The van der Waals surface area contributed by atoms with Crippen molar-refractivity contribution >= 4 is 17.6 Å². The first-order chi connectivity index (χ1) is 13.7. The molecule has 1 atom stereocenters. The second-order valence-corrected chi connectivity index (χ2v) is 5.98. The van der Waals surface area contributed by atoms with E-state index >= 15 is 0 Å². The third kappa shape index (κ3) is 5.81. The number of benzene rings is 2. The fourth-order valence-electron chi connectivity index (χ4n) is 2.42. The summed E-state index contributed by atoms with van der Waals surface area (Å²) in [5.41, 5.74) is 1.36. The number of halogens is 2. The van der Waals surface area contributed by atoms with E-state index in [9.17, 15) is 18.4 Å². The third-order valence-corrected chi connectivity index (χ3v) is 3.88. The van der Waals surface area contributed by atoms with Crippen LogP contribution in [0.15, 0.2) is 36.4 Å². The lowest BCUT2D eigenvalue weighted by Gasteiger charge is -2.16. The summed E-state index contributed by atoms with van der Waals surface area (Å²) in [6.45, 7) is 0.220. The van der Waals surface area contributed by atoms with Gasteiger partial charge in [-0.05, 0) is 49.7 Å². The molecule has 29 heavy (non-hydrogen) atoms. The quantitative estimate of drug-likeness (QED) is 0.668. The molecule has 2 aromatic rings. The Hall–Kier alpha value is -3.36. The highest BCUT2D eigenvalue weighted by molar-refractivity contribution is 5.98. The summed E-state index contributed by atoms with van der Waals surface area (Å²) in [6.07, 6.45) is -1.13. The van der Waals surface area contributed by atoms with E-state index in [4.69, 9.17) is 14.2 Å². The molecule has 156 valence electrons. The molecule has 2 aromatic carbocycles. The van der Waals surface area contributed by atoms with Crippen LogP contribution in [-0.4, -0.2) is 38.8 Å². The number of anilines is 1. The number of rotatable bonds is 8. The van der Waals surface area contributed by atoms with E-state index in [0.717, 1.165) is 11.6 Å². The topological polar surface area (TPSA) is 83.1 Å². The standard InChI is InChI=1S/C20H21F2NO6/c1-11-5-7-15(26-3)14(9-11)23-18(24)12(2)28-19(25)13-6-8-16(29-20(21)22)17(10-13)27-4/h5-10,12,20H,1-4H3,(H,23,24)/t12-/m0/s1. The van der Waals surface area contributed by atoms with Crippen molar-refractivity contribution in [3.8, 4) is 17.2 Å². The summed E-state index contributed by atoms with van der Waals surface area (Å²) >= 11 is 0. The van der Waals surface area contributed by atoms with Crippen LogP contribution in [-0.2, 0) is 9.53 Å². The molecule has 0 fully saturated rings. The average molecular weight is 409 g/mol. The molecule has 0 saturated heterocycles. The average Bonchev–Trinajstić information content (AvgIpc) is 2.67. The van der Waals surface area contributed by atoms with E-state index in [1.54, 1.807) is 12.1 Å². The zero-order valence-corrected chi connectivity index (χ0v) is 16.3. The molecule has 0 heterocycles. The lowest BCUT2D eigenvalue weighted by atomic mass is 10.2. The first kappa shape index (κ1) is 21.9. The molecule has 1 amide bonds. The molecule has 0 unspecified atom stereocenters. The molecule has 0 bridgehead atoms. The summed E-state index contributed by atoms with van der Waals surface area (Å²) in [4.78, 5) is 24.7. The van der Waals surface area contributed by atoms with E-state index in [1.807, 2.05) is 13.0 Å². The molecule has 7 nitrogen and oxygen atoms in total. The Morgan fingerprint density at radius 1 is 0.966 bits per heavy atom. The van der Waals surface area contributed by atoms with Crippen LogP contribution >= 0.6 is 0 Å². The van der Waals surface area contributed by atoms with Crippen LogP contribution in [0.2, 0.25) is 0 Å². The number of aryl methyl sites for hydroxylation is 1. The second kappa shape index (κ2) is 9.72. The molecule has 0 radical (unpaired) electrons. The van der Waals surface area contributed by atoms with Gasteiger partial charge in [0.2, 0.25) is 0 Å². The first-order valence-corrected chi connectivity index (χ1v) is 8.54. The molecule has 0 saturated carbocycles. The molecule has 2 rings (SSSR count). The number of hydrogen-bond donors (Lipinski definition) is 1. The zero-order chi connectivity index (χ0) is 21.6. The van der Waals surface area contributed by atoms with Gasteiger partial charge in [0.15, 0.2) is 17.6 Å². The maximum absolute atomic E-state index is 12.4. The molecule has 9 heteroatoms. The van der Waals surface area contributed by atoms with Crippen molar-refractivity contribution in [2.45, 2.75) is 26.6 Å². The maximum Gasteiger partial charge on any atom is 0.387 e. The predicted octanol–water partition coefficient (Wildman–Crippen LogP) is 3.80. The smallest absolute Gasteiger partial charge is 0.387 e. The van der Waals surface area contributed by atoms with Gasteiger partial charge < -0.3 is 24.3 Å². The summed E-state index contributed by atoms with van der Waals surface area (Å²) < 4.78 is 44.4. The predicted molar refractivity (Wildman–Crippen MR) is 101 cm³/mol. The summed E-state index contributed by atoms with van der Waals surface area (Å²) in [5.74, 6) is -1.22. The van der Waals surface area contributed by atoms with E-state index in [-0.39, 0.29) is 17.1 Å². The van der Waals surface area contributed by atoms with E-state index < -0.39 is 24.6 Å². The number of nitrogens with one attached hydrogen (secondary N) is 1. The lowest BCUT2D eigenvalue weighted by Crippen LogP contribution is -2.30. The Balaban J connectivity index is 2.08. The lowest BCUT2D eigenvalue weighted by molar-refractivity contribution is -0.123. The van der Waals surface area contributed by atoms with Gasteiger partial charge in [-0.1, -0.05) is 6.07 Å². The zero-order valence-electron chi connectivity index (χ0n) is 16.3. The van der Waals surface area contributed by atoms with Gasteiger partial charge in [-0.25, -0.2) is 4.79 Å². The molecular formula is C20H21F2NO6. The minimum atomic E-state index is -3.04. The fraction of sp³-hybridized carbons (Fsp3) is 0.300. The SMILES string of the molecule is COc1ccc(C)cc1NC(=O)[C@H](C)OC(=O)c1ccc(OC(F)F)c(OC)c1. The van der Waals surface area contributed by atoms with Crippen LogP contribution in [0.5, 0.6) is 17.2 Å². The molecule has 1 N–H and O–H groups in total. The number of ether oxygens (including phenoxy) is 4. The Morgan fingerprint density at radius 3 is 2.24 bits per heavy atom. The number of methoxy groups -OCH3 is 2. The molecule has 0 aliphatic carbocycles. The van der Waals surface area contributed by atoms with Crippen LogP contribution in [0.25, 0.3) is 0 Å². The summed E-state index contributed by atoms with van der Waals surface area (Å²) in [6, 6.07) is 8.83.